The van der Waals surface area contributed by atoms with E-state index in [2.05, 4.69) is 27.8 Å². The van der Waals surface area contributed by atoms with Crippen LogP contribution in [0.5, 0.6) is 0 Å². The molecule has 1 rings (SSSR count). The van der Waals surface area contributed by atoms with E-state index in [-0.39, 0.29) is 0 Å². The van der Waals surface area contributed by atoms with Crippen LogP contribution < -0.4 is 5.32 Å². The van der Waals surface area contributed by atoms with Crippen LogP contribution in [0.2, 0.25) is 0 Å². The maximum Gasteiger partial charge on any atom is 0.243 e. The summed E-state index contributed by atoms with van der Waals surface area (Å²) < 4.78 is 28.0. The normalized spacial score (nSPS) is 11.9. The Morgan fingerprint density at radius 3 is 2.62 bits per heavy atom. The summed E-state index contributed by atoms with van der Waals surface area (Å²) in [5, 5.41) is 3.04. The molecule has 0 saturated heterocycles. The van der Waals surface area contributed by atoms with Crippen LogP contribution in [0.3, 0.4) is 0 Å². The Labute approximate surface area is 136 Å². The molecule has 0 spiro atoms. The van der Waals surface area contributed by atoms with Gasteiger partial charge in [-0.2, -0.15) is 4.31 Å². The molecule has 0 saturated carbocycles. The lowest BCUT2D eigenvalue weighted by molar-refractivity contribution is 0.441. The van der Waals surface area contributed by atoms with Gasteiger partial charge in [-0.15, -0.1) is 6.58 Å². The topological polar surface area (TPSA) is 49.4 Å². The second-order valence-electron chi connectivity index (χ2n) is 4.88. The molecular formula is C15H23BrN2O2S. The van der Waals surface area contributed by atoms with Crippen molar-refractivity contribution in [3.63, 3.8) is 0 Å². The molecule has 0 aliphatic rings. The van der Waals surface area contributed by atoms with Crippen LogP contribution in [0.4, 0.5) is 0 Å². The number of rotatable bonds is 8. The number of halogens is 1. The summed E-state index contributed by atoms with van der Waals surface area (Å²) in [6.07, 6.45) is 2.39. The van der Waals surface area contributed by atoms with Gasteiger partial charge in [-0.1, -0.05) is 28.9 Å². The molecule has 0 aliphatic carbocycles. The molecule has 0 amide bonds. The van der Waals surface area contributed by atoms with Crippen molar-refractivity contribution in [2.75, 3.05) is 20.1 Å². The van der Waals surface area contributed by atoms with Crippen molar-refractivity contribution < 1.29 is 8.42 Å². The van der Waals surface area contributed by atoms with Gasteiger partial charge in [0.15, 0.2) is 0 Å². The van der Waals surface area contributed by atoms with E-state index in [1.807, 2.05) is 27.0 Å². The van der Waals surface area contributed by atoms with E-state index < -0.39 is 10.0 Å². The molecule has 1 aromatic rings. The van der Waals surface area contributed by atoms with Crippen LogP contribution in [0.25, 0.3) is 0 Å². The van der Waals surface area contributed by atoms with Crippen LogP contribution in [-0.4, -0.2) is 32.9 Å². The zero-order chi connectivity index (χ0) is 16.0. The molecule has 0 aromatic heterocycles. The number of nitrogens with zero attached hydrogens (tertiary/aromatic N) is 1. The van der Waals surface area contributed by atoms with Gasteiger partial charge in [0.05, 0.1) is 4.90 Å². The molecule has 4 nitrogen and oxygen atoms in total. The second-order valence-corrected chi connectivity index (χ2v) is 7.64. The van der Waals surface area contributed by atoms with E-state index in [4.69, 9.17) is 0 Å². The largest absolute Gasteiger partial charge is 0.316 e. The van der Waals surface area contributed by atoms with Crippen molar-refractivity contribution in [3.8, 4) is 0 Å². The summed E-state index contributed by atoms with van der Waals surface area (Å²) in [5.41, 5.74) is 1.67. The molecule has 21 heavy (non-hydrogen) atoms. The highest BCUT2D eigenvalue weighted by molar-refractivity contribution is 9.10. The number of sulfonamides is 1. The molecule has 6 heteroatoms. The molecule has 0 unspecified atom stereocenters. The summed E-state index contributed by atoms with van der Waals surface area (Å²) >= 11 is 3.46. The monoisotopic (exact) mass is 374 g/mol. The maximum absolute atomic E-state index is 12.9. The lowest BCUT2D eigenvalue weighted by Gasteiger charge is -2.22. The molecule has 0 fully saturated rings. The first-order valence-electron chi connectivity index (χ1n) is 6.93. The minimum absolute atomic E-state index is 0.323. The highest BCUT2D eigenvalue weighted by atomic mass is 79.9. The first-order valence-corrected chi connectivity index (χ1v) is 9.16. The summed E-state index contributed by atoms with van der Waals surface area (Å²) in [6.45, 7) is 8.87. The zero-order valence-electron chi connectivity index (χ0n) is 12.8. The Morgan fingerprint density at radius 2 is 2.10 bits per heavy atom. The Bertz CT molecular complexity index is 600. The molecule has 0 aliphatic heterocycles. The standard InChI is InChI=1S/C15H23BrN2O2S/c1-5-7-18(8-6-2)21(19,20)15-10-13(11-17-4)9-14(16)12(15)3/h5,9-10,17H,1,6-8,11H2,2-4H3. The fraction of sp³-hybridized carbons (Fsp3) is 0.467. The van der Waals surface area contributed by atoms with Crippen LogP contribution in [0.1, 0.15) is 24.5 Å². The number of hydrogen-bond donors (Lipinski definition) is 1. The molecule has 0 heterocycles. The lowest BCUT2D eigenvalue weighted by atomic mass is 10.1. The van der Waals surface area contributed by atoms with Crippen molar-refractivity contribution in [3.05, 3.63) is 40.4 Å². The molecule has 0 atom stereocenters. The first kappa shape index (κ1) is 18.4. The fourth-order valence-corrected chi connectivity index (χ4v) is 4.56. The van der Waals surface area contributed by atoms with E-state index in [0.29, 0.717) is 24.5 Å². The van der Waals surface area contributed by atoms with E-state index in [0.717, 1.165) is 22.0 Å². The molecule has 1 aromatic carbocycles. The van der Waals surface area contributed by atoms with Gasteiger partial charge in [0, 0.05) is 24.1 Å². The minimum Gasteiger partial charge on any atom is -0.316 e. The quantitative estimate of drug-likeness (QED) is 0.711. The Kier molecular flexibility index (Phi) is 7.06. The van der Waals surface area contributed by atoms with Gasteiger partial charge >= 0.3 is 0 Å². The maximum atomic E-state index is 12.9. The van der Waals surface area contributed by atoms with Gasteiger partial charge in [-0.25, -0.2) is 8.42 Å². The number of benzene rings is 1. The zero-order valence-corrected chi connectivity index (χ0v) is 15.2. The highest BCUT2D eigenvalue weighted by Gasteiger charge is 2.25. The molecule has 118 valence electrons. The van der Waals surface area contributed by atoms with E-state index in [9.17, 15) is 8.42 Å². The predicted octanol–water partition coefficient (Wildman–Crippen LogP) is 3.06. The van der Waals surface area contributed by atoms with Crippen LogP contribution >= 0.6 is 15.9 Å². The summed E-state index contributed by atoms with van der Waals surface area (Å²) in [5.74, 6) is 0. The first-order chi connectivity index (χ1) is 9.88. The molecule has 0 radical (unpaired) electrons. The van der Waals surface area contributed by atoms with Crippen molar-refractivity contribution in [1.29, 1.82) is 0 Å². The van der Waals surface area contributed by atoms with Gasteiger partial charge in [0.2, 0.25) is 10.0 Å². The van der Waals surface area contributed by atoms with Crippen molar-refractivity contribution in [1.82, 2.24) is 9.62 Å². The highest BCUT2D eigenvalue weighted by Crippen LogP contribution is 2.28. The Morgan fingerprint density at radius 1 is 1.43 bits per heavy atom. The Hall–Kier alpha value is -0.690. The number of nitrogens with one attached hydrogen (secondary N) is 1. The summed E-state index contributed by atoms with van der Waals surface area (Å²) in [6, 6.07) is 3.69. The van der Waals surface area contributed by atoms with Gasteiger partial charge in [0.25, 0.3) is 0 Å². The van der Waals surface area contributed by atoms with Gasteiger partial charge in [0.1, 0.15) is 0 Å². The van der Waals surface area contributed by atoms with Crippen molar-refractivity contribution >= 4 is 26.0 Å². The SMILES string of the molecule is C=CCN(CCC)S(=O)(=O)c1cc(CNC)cc(Br)c1C. The Balaban J connectivity index is 3.37. The van der Waals surface area contributed by atoms with Crippen LogP contribution in [-0.2, 0) is 16.6 Å². The average Bonchev–Trinajstić information content (AvgIpc) is 2.42. The van der Waals surface area contributed by atoms with Gasteiger partial charge < -0.3 is 5.32 Å². The third-order valence-corrected chi connectivity index (χ3v) is 5.98. The lowest BCUT2D eigenvalue weighted by Crippen LogP contribution is -2.32. The predicted molar refractivity (Wildman–Crippen MR) is 90.9 cm³/mol. The third kappa shape index (κ3) is 4.39. The van der Waals surface area contributed by atoms with Gasteiger partial charge in [-0.05, 0) is 43.7 Å². The van der Waals surface area contributed by atoms with Crippen molar-refractivity contribution in [2.24, 2.45) is 0 Å². The molecule has 0 bridgehead atoms. The average molecular weight is 375 g/mol. The van der Waals surface area contributed by atoms with Gasteiger partial charge in [-0.3, -0.25) is 0 Å². The van der Waals surface area contributed by atoms with E-state index in [1.165, 1.54) is 4.31 Å². The van der Waals surface area contributed by atoms with E-state index in [1.54, 1.807) is 12.1 Å². The molecule has 1 N–H and O–H groups in total. The summed E-state index contributed by atoms with van der Waals surface area (Å²) in [4.78, 5) is 0.359. The smallest absolute Gasteiger partial charge is 0.243 e. The third-order valence-electron chi connectivity index (χ3n) is 3.16. The second kappa shape index (κ2) is 8.08. The fourth-order valence-electron chi connectivity index (χ4n) is 2.12. The molecular weight excluding hydrogens is 352 g/mol. The van der Waals surface area contributed by atoms with Crippen LogP contribution in [0.15, 0.2) is 34.2 Å². The summed E-state index contributed by atoms with van der Waals surface area (Å²) in [7, 11) is -1.68. The van der Waals surface area contributed by atoms with Crippen molar-refractivity contribution in [2.45, 2.75) is 31.7 Å². The van der Waals surface area contributed by atoms with E-state index >= 15 is 0 Å². The van der Waals surface area contributed by atoms with Crippen LogP contribution in [0, 0.1) is 6.92 Å². The minimum atomic E-state index is -3.52. The number of hydrogen-bond acceptors (Lipinski definition) is 3.